The summed E-state index contributed by atoms with van der Waals surface area (Å²) in [5.41, 5.74) is 1.72. The number of amides is 1. The van der Waals surface area contributed by atoms with Crippen molar-refractivity contribution >= 4 is 35.4 Å². The highest BCUT2D eigenvalue weighted by Gasteiger charge is 2.30. The van der Waals surface area contributed by atoms with Gasteiger partial charge in [0.2, 0.25) is 0 Å². The van der Waals surface area contributed by atoms with Crippen molar-refractivity contribution in [3.8, 4) is 0 Å². The lowest BCUT2D eigenvalue weighted by atomic mass is 10.1. The minimum absolute atomic E-state index is 0.147. The minimum atomic E-state index is -0.692. The number of hydrogen-bond donors (Lipinski definition) is 1. The van der Waals surface area contributed by atoms with Crippen LogP contribution >= 0.6 is 11.8 Å². The van der Waals surface area contributed by atoms with Crippen molar-refractivity contribution in [2.24, 2.45) is 0 Å². The van der Waals surface area contributed by atoms with E-state index in [1.54, 1.807) is 13.8 Å². The second-order valence-electron chi connectivity index (χ2n) is 5.98. The molecular formula is C17H22N2O6S. The predicted molar refractivity (Wildman–Crippen MR) is 95.4 cm³/mol. The lowest BCUT2D eigenvalue weighted by Crippen LogP contribution is -2.46. The molecule has 0 aromatic carbocycles. The lowest BCUT2D eigenvalue weighted by Gasteiger charge is -2.30. The normalized spacial score (nSPS) is 16.9. The minimum Gasteiger partial charge on any atom is -0.468 e. The van der Waals surface area contributed by atoms with Crippen LogP contribution in [0.25, 0.3) is 0 Å². The Balaban J connectivity index is 1.97. The van der Waals surface area contributed by atoms with E-state index in [1.165, 1.54) is 30.7 Å². The van der Waals surface area contributed by atoms with Crippen LogP contribution in [0.3, 0.4) is 0 Å². The first-order valence-corrected chi connectivity index (χ1v) is 9.15. The Morgan fingerprint density at radius 3 is 2.54 bits per heavy atom. The van der Waals surface area contributed by atoms with E-state index in [0.717, 1.165) is 0 Å². The molecular weight excluding hydrogens is 360 g/mol. The molecule has 9 heteroatoms. The van der Waals surface area contributed by atoms with Crippen molar-refractivity contribution < 1.29 is 28.7 Å². The van der Waals surface area contributed by atoms with Gasteiger partial charge in [-0.3, -0.25) is 14.4 Å². The Kier molecular flexibility index (Phi) is 6.47. The molecule has 2 heterocycles. The molecule has 1 saturated heterocycles. The average Bonchev–Trinajstić information content (AvgIpc) is 2.93. The summed E-state index contributed by atoms with van der Waals surface area (Å²) in [6.07, 6.45) is 0. The second kappa shape index (κ2) is 8.39. The highest BCUT2D eigenvalue weighted by atomic mass is 32.2. The number of ether oxygens (including phenoxy) is 2. The van der Waals surface area contributed by atoms with E-state index in [2.05, 4.69) is 4.98 Å². The number of aromatic nitrogens is 1. The monoisotopic (exact) mass is 382 g/mol. The number of thioether (sulfide) groups is 1. The number of hydrogen-bond acceptors (Lipinski definition) is 7. The average molecular weight is 382 g/mol. The van der Waals surface area contributed by atoms with Gasteiger partial charge in [0.15, 0.2) is 12.4 Å². The van der Waals surface area contributed by atoms with Gasteiger partial charge in [-0.1, -0.05) is 0 Å². The largest absolute Gasteiger partial charge is 0.468 e. The quantitative estimate of drug-likeness (QED) is 0.600. The van der Waals surface area contributed by atoms with Crippen LogP contribution in [0.2, 0.25) is 0 Å². The molecule has 26 heavy (non-hydrogen) atoms. The Bertz CT molecular complexity index is 742. The molecule has 0 spiro atoms. The number of ketones is 1. The second-order valence-corrected chi connectivity index (χ2v) is 7.29. The van der Waals surface area contributed by atoms with E-state index in [0.29, 0.717) is 29.1 Å². The SMILES string of the molecule is COC(=O)[C@H]1CN(C(=O)COC(=O)c2[nH]c(C)c(C(C)=O)c2C)CCS1. The third-order valence-corrected chi connectivity index (χ3v) is 5.37. The van der Waals surface area contributed by atoms with Crippen LogP contribution in [-0.4, -0.2) is 71.3 Å². The number of nitrogens with zero attached hydrogens (tertiary/aromatic N) is 1. The topological polar surface area (TPSA) is 106 Å². The van der Waals surface area contributed by atoms with E-state index in [-0.39, 0.29) is 29.9 Å². The first-order valence-electron chi connectivity index (χ1n) is 8.10. The number of nitrogens with one attached hydrogen (secondary N) is 1. The van der Waals surface area contributed by atoms with Crippen molar-refractivity contribution in [2.45, 2.75) is 26.0 Å². The Hall–Kier alpha value is -2.29. The predicted octanol–water partition coefficient (Wildman–Crippen LogP) is 1.11. The van der Waals surface area contributed by atoms with Crippen molar-refractivity contribution in [3.63, 3.8) is 0 Å². The lowest BCUT2D eigenvalue weighted by molar-refractivity contribution is -0.141. The number of aromatic amines is 1. The van der Waals surface area contributed by atoms with Crippen molar-refractivity contribution in [1.29, 1.82) is 0 Å². The number of esters is 2. The van der Waals surface area contributed by atoms with Gasteiger partial charge in [-0.15, -0.1) is 11.8 Å². The molecule has 0 aliphatic carbocycles. The van der Waals surface area contributed by atoms with Crippen molar-refractivity contribution in [2.75, 3.05) is 32.6 Å². The number of methoxy groups -OCH3 is 1. The maximum absolute atomic E-state index is 12.3. The van der Waals surface area contributed by atoms with Crippen LogP contribution in [-0.2, 0) is 19.1 Å². The zero-order chi connectivity index (χ0) is 19.4. The molecule has 142 valence electrons. The Morgan fingerprint density at radius 1 is 1.27 bits per heavy atom. The zero-order valence-corrected chi connectivity index (χ0v) is 16.0. The van der Waals surface area contributed by atoms with Crippen LogP contribution in [0, 0.1) is 13.8 Å². The van der Waals surface area contributed by atoms with Gasteiger partial charge in [0, 0.05) is 30.1 Å². The van der Waals surface area contributed by atoms with Crippen molar-refractivity contribution in [3.05, 3.63) is 22.5 Å². The summed E-state index contributed by atoms with van der Waals surface area (Å²) in [7, 11) is 1.31. The fourth-order valence-corrected chi connectivity index (χ4v) is 4.05. The molecule has 8 nitrogen and oxygen atoms in total. The first kappa shape index (κ1) is 20.0. The van der Waals surface area contributed by atoms with Crippen LogP contribution in [0.1, 0.15) is 39.0 Å². The number of Topliss-reactive ketones (excluding diaryl/α,β-unsaturated/α-hetero) is 1. The van der Waals surface area contributed by atoms with E-state index in [4.69, 9.17) is 9.47 Å². The van der Waals surface area contributed by atoms with Gasteiger partial charge in [0.25, 0.3) is 5.91 Å². The van der Waals surface area contributed by atoms with E-state index in [1.807, 2.05) is 0 Å². The highest BCUT2D eigenvalue weighted by molar-refractivity contribution is 8.00. The van der Waals surface area contributed by atoms with Crippen molar-refractivity contribution in [1.82, 2.24) is 9.88 Å². The molecule has 0 radical (unpaired) electrons. The first-order chi connectivity index (χ1) is 12.3. The van der Waals surface area contributed by atoms with Gasteiger partial charge in [-0.25, -0.2) is 4.79 Å². The molecule has 1 fully saturated rings. The third kappa shape index (κ3) is 4.27. The third-order valence-electron chi connectivity index (χ3n) is 4.20. The number of rotatable bonds is 5. The highest BCUT2D eigenvalue weighted by Crippen LogP contribution is 2.21. The molecule has 1 amide bonds. The van der Waals surface area contributed by atoms with Gasteiger partial charge in [0.1, 0.15) is 10.9 Å². The molecule has 0 bridgehead atoms. The van der Waals surface area contributed by atoms with Crippen LogP contribution < -0.4 is 0 Å². The maximum atomic E-state index is 12.3. The fourth-order valence-electron chi connectivity index (χ4n) is 2.92. The summed E-state index contributed by atoms with van der Waals surface area (Å²) in [6.45, 7) is 5.05. The zero-order valence-electron chi connectivity index (χ0n) is 15.2. The molecule has 1 aliphatic heterocycles. The van der Waals surface area contributed by atoms with Gasteiger partial charge in [-0.2, -0.15) is 0 Å². The molecule has 0 unspecified atom stereocenters. The van der Waals surface area contributed by atoms with Crippen LogP contribution in [0.15, 0.2) is 0 Å². The van der Waals surface area contributed by atoms with Gasteiger partial charge in [-0.05, 0) is 26.3 Å². The fraction of sp³-hybridized carbons (Fsp3) is 0.529. The van der Waals surface area contributed by atoms with Crippen LogP contribution in [0.5, 0.6) is 0 Å². The van der Waals surface area contributed by atoms with E-state index in [9.17, 15) is 19.2 Å². The van der Waals surface area contributed by atoms with Gasteiger partial charge < -0.3 is 19.4 Å². The van der Waals surface area contributed by atoms with Gasteiger partial charge in [0.05, 0.1) is 7.11 Å². The number of H-pyrrole nitrogens is 1. The molecule has 1 aliphatic rings. The number of carbonyl (C=O) groups excluding carboxylic acids is 4. The van der Waals surface area contributed by atoms with E-state index < -0.39 is 17.8 Å². The van der Waals surface area contributed by atoms with Gasteiger partial charge >= 0.3 is 11.9 Å². The maximum Gasteiger partial charge on any atom is 0.355 e. The summed E-state index contributed by atoms with van der Waals surface area (Å²) in [5, 5.41) is -0.431. The molecule has 0 saturated carbocycles. The molecule has 1 atom stereocenters. The Labute approximate surface area is 155 Å². The standard InChI is InChI=1S/C17H22N2O6S/c1-9-14(11(3)20)10(2)18-15(9)17(23)25-8-13(21)19-5-6-26-12(7-19)16(22)24-4/h12,18H,5-8H2,1-4H3/t12-/m1/s1. The number of carbonyl (C=O) groups is 4. The van der Waals surface area contributed by atoms with E-state index >= 15 is 0 Å². The molecule has 1 N–H and O–H groups in total. The Morgan fingerprint density at radius 2 is 1.96 bits per heavy atom. The molecule has 1 aromatic heterocycles. The van der Waals surface area contributed by atoms with Crippen LogP contribution in [0.4, 0.5) is 0 Å². The number of aryl methyl sites for hydroxylation is 1. The summed E-state index contributed by atoms with van der Waals surface area (Å²) in [6, 6.07) is 0. The summed E-state index contributed by atoms with van der Waals surface area (Å²) >= 11 is 1.43. The molecule has 2 rings (SSSR count). The summed E-state index contributed by atoms with van der Waals surface area (Å²) in [5.74, 6) is -0.983. The summed E-state index contributed by atoms with van der Waals surface area (Å²) < 4.78 is 9.80. The molecule has 1 aromatic rings. The summed E-state index contributed by atoms with van der Waals surface area (Å²) in [4.78, 5) is 52.1. The smallest absolute Gasteiger partial charge is 0.355 e.